The average molecular weight is 220 g/mol. The van der Waals surface area contributed by atoms with Gasteiger partial charge in [-0.1, -0.05) is 18.2 Å². The zero-order chi connectivity index (χ0) is 11.6. The molecule has 86 valence electrons. The summed E-state index contributed by atoms with van der Waals surface area (Å²) in [6.45, 7) is 1.79. The molecule has 0 fully saturated rings. The minimum Gasteiger partial charge on any atom is -0.381 e. The Balaban J connectivity index is 2.30. The number of aliphatic hydroxyl groups is 1. The molecule has 0 heterocycles. The average Bonchev–Trinajstić information content (AvgIpc) is 2.31. The number of allylic oxidation sites excluding steroid dienone is 1. The molecular formula is C14H17FO. The van der Waals surface area contributed by atoms with Gasteiger partial charge in [-0.15, -0.1) is 0 Å². The molecule has 0 aromatic heterocycles. The van der Waals surface area contributed by atoms with Crippen LogP contribution in [0, 0.1) is 5.82 Å². The van der Waals surface area contributed by atoms with Gasteiger partial charge in [0, 0.05) is 0 Å². The van der Waals surface area contributed by atoms with Crippen LogP contribution in [-0.4, -0.2) is 5.11 Å². The fourth-order valence-corrected chi connectivity index (χ4v) is 2.24. The fourth-order valence-electron chi connectivity index (χ4n) is 2.24. The summed E-state index contributed by atoms with van der Waals surface area (Å²) < 4.78 is 12.8. The maximum absolute atomic E-state index is 12.8. The molecule has 1 N–H and O–H groups in total. The van der Waals surface area contributed by atoms with E-state index in [4.69, 9.17) is 0 Å². The lowest BCUT2D eigenvalue weighted by Crippen LogP contribution is -2.25. The van der Waals surface area contributed by atoms with Gasteiger partial charge in [-0.3, -0.25) is 0 Å². The lowest BCUT2D eigenvalue weighted by molar-refractivity contribution is 0.0914. The van der Waals surface area contributed by atoms with Gasteiger partial charge in [0.25, 0.3) is 0 Å². The van der Waals surface area contributed by atoms with E-state index in [0.29, 0.717) is 0 Å². The second-order valence-corrected chi connectivity index (χ2v) is 4.55. The Kier molecular flexibility index (Phi) is 3.10. The molecule has 0 spiro atoms. The van der Waals surface area contributed by atoms with Crippen LogP contribution in [0.15, 0.2) is 35.9 Å². The first-order valence-corrected chi connectivity index (χ1v) is 5.78. The standard InChI is InChI=1S/C14H17FO/c1-14(16,11-5-3-2-4-6-11)12-7-9-13(15)10-8-12/h5,7-10,16H,2-4,6H2,1H3. The smallest absolute Gasteiger partial charge is 0.123 e. The van der Waals surface area contributed by atoms with Crippen molar-refractivity contribution in [1.29, 1.82) is 0 Å². The second kappa shape index (κ2) is 4.38. The third-order valence-corrected chi connectivity index (χ3v) is 3.32. The molecule has 16 heavy (non-hydrogen) atoms. The van der Waals surface area contributed by atoms with Gasteiger partial charge < -0.3 is 5.11 Å². The van der Waals surface area contributed by atoms with Crippen LogP contribution in [0.25, 0.3) is 0 Å². The second-order valence-electron chi connectivity index (χ2n) is 4.55. The number of hydrogen-bond donors (Lipinski definition) is 1. The van der Waals surface area contributed by atoms with Gasteiger partial charge in [-0.05, 0) is 55.9 Å². The van der Waals surface area contributed by atoms with Crippen molar-refractivity contribution in [3.05, 3.63) is 47.3 Å². The van der Waals surface area contributed by atoms with Crippen molar-refractivity contribution in [1.82, 2.24) is 0 Å². The summed E-state index contributed by atoms with van der Waals surface area (Å²) in [5.41, 5.74) is 0.876. The Morgan fingerprint density at radius 3 is 2.44 bits per heavy atom. The first-order valence-electron chi connectivity index (χ1n) is 5.78. The Hall–Kier alpha value is -1.15. The quantitative estimate of drug-likeness (QED) is 0.756. The lowest BCUT2D eigenvalue weighted by atomic mass is 9.82. The van der Waals surface area contributed by atoms with E-state index in [0.717, 1.165) is 30.4 Å². The Morgan fingerprint density at radius 1 is 1.19 bits per heavy atom. The molecule has 1 aliphatic carbocycles. The van der Waals surface area contributed by atoms with Crippen molar-refractivity contribution in [3.63, 3.8) is 0 Å². The normalized spacial score (nSPS) is 20.1. The van der Waals surface area contributed by atoms with Crippen LogP contribution < -0.4 is 0 Å². The molecule has 2 heteroatoms. The number of hydrogen-bond acceptors (Lipinski definition) is 1. The predicted molar refractivity (Wildman–Crippen MR) is 62.5 cm³/mol. The van der Waals surface area contributed by atoms with Crippen LogP contribution >= 0.6 is 0 Å². The van der Waals surface area contributed by atoms with Crippen LogP contribution in [0.5, 0.6) is 0 Å². The molecule has 1 unspecified atom stereocenters. The molecule has 0 saturated heterocycles. The molecule has 1 aromatic rings. The summed E-state index contributed by atoms with van der Waals surface area (Å²) in [5.74, 6) is -0.267. The zero-order valence-electron chi connectivity index (χ0n) is 9.54. The SMILES string of the molecule is CC(O)(C1=CCCCC1)c1ccc(F)cc1. The van der Waals surface area contributed by atoms with E-state index in [9.17, 15) is 9.50 Å². The van der Waals surface area contributed by atoms with E-state index in [1.54, 1.807) is 19.1 Å². The summed E-state index contributed by atoms with van der Waals surface area (Å²) in [5, 5.41) is 10.5. The highest BCUT2D eigenvalue weighted by molar-refractivity contribution is 5.32. The van der Waals surface area contributed by atoms with E-state index in [-0.39, 0.29) is 5.82 Å². The molecule has 0 amide bonds. The first kappa shape index (κ1) is 11.3. The number of halogens is 1. The monoisotopic (exact) mass is 220 g/mol. The Labute approximate surface area is 95.6 Å². The van der Waals surface area contributed by atoms with Gasteiger partial charge in [0.05, 0.1) is 0 Å². The van der Waals surface area contributed by atoms with Crippen LogP contribution in [-0.2, 0) is 5.60 Å². The van der Waals surface area contributed by atoms with Crippen molar-refractivity contribution < 1.29 is 9.50 Å². The van der Waals surface area contributed by atoms with Crippen LogP contribution in [0.2, 0.25) is 0 Å². The molecule has 1 atom stereocenters. The lowest BCUT2D eigenvalue weighted by Gasteiger charge is -2.29. The van der Waals surface area contributed by atoms with E-state index < -0.39 is 5.60 Å². The molecular weight excluding hydrogens is 203 g/mol. The van der Waals surface area contributed by atoms with Gasteiger partial charge in [-0.25, -0.2) is 4.39 Å². The molecule has 0 saturated carbocycles. The van der Waals surface area contributed by atoms with Gasteiger partial charge in [-0.2, -0.15) is 0 Å². The van der Waals surface area contributed by atoms with Gasteiger partial charge in [0.2, 0.25) is 0 Å². The predicted octanol–water partition coefficient (Wildman–Crippen LogP) is 3.53. The molecule has 1 aromatic carbocycles. The third-order valence-electron chi connectivity index (χ3n) is 3.32. The molecule has 0 bridgehead atoms. The third kappa shape index (κ3) is 2.17. The van der Waals surface area contributed by atoms with Crippen molar-refractivity contribution >= 4 is 0 Å². The zero-order valence-corrected chi connectivity index (χ0v) is 9.54. The number of benzene rings is 1. The topological polar surface area (TPSA) is 20.2 Å². The van der Waals surface area contributed by atoms with E-state index in [1.807, 2.05) is 0 Å². The van der Waals surface area contributed by atoms with E-state index in [2.05, 4.69) is 6.08 Å². The van der Waals surface area contributed by atoms with E-state index in [1.165, 1.54) is 18.6 Å². The Morgan fingerprint density at radius 2 is 1.88 bits per heavy atom. The summed E-state index contributed by atoms with van der Waals surface area (Å²) in [6, 6.07) is 6.11. The van der Waals surface area contributed by atoms with Gasteiger partial charge in [0.1, 0.15) is 11.4 Å². The van der Waals surface area contributed by atoms with Gasteiger partial charge in [0.15, 0.2) is 0 Å². The fraction of sp³-hybridized carbons (Fsp3) is 0.429. The van der Waals surface area contributed by atoms with Crippen LogP contribution in [0.1, 0.15) is 38.2 Å². The summed E-state index contributed by atoms with van der Waals surface area (Å²) in [4.78, 5) is 0. The number of rotatable bonds is 2. The highest BCUT2D eigenvalue weighted by Crippen LogP contribution is 2.34. The maximum Gasteiger partial charge on any atom is 0.123 e. The minimum atomic E-state index is -0.950. The van der Waals surface area contributed by atoms with E-state index >= 15 is 0 Å². The van der Waals surface area contributed by atoms with Crippen molar-refractivity contribution in [2.75, 3.05) is 0 Å². The Bertz CT molecular complexity index is 390. The highest BCUT2D eigenvalue weighted by atomic mass is 19.1. The highest BCUT2D eigenvalue weighted by Gasteiger charge is 2.28. The largest absolute Gasteiger partial charge is 0.381 e. The van der Waals surface area contributed by atoms with Crippen LogP contribution in [0.3, 0.4) is 0 Å². The minimum absolute atomic E-state index is 0.267. The van der Waals surface area contributed by atoms with Crippen molar-refractivity contribution in [2.24, 2.45) is 0 Å². The molecule has 1 nitrogen and oxygen atoms in total. The maximum atomic E-state index is 12.8. The summed E-state index contributed by atoms with van der Waals surface area (Å²) in [6.07, 6.45) is 6.41. The van der Waals surface area contributed by atoms with Crippen LogP contribution in [0.4, 0.5) is 4.39 Å². The van der Waals surface area contributed by atoms with Gasteiger partial charge >= 0.3 is 0 Å². The first-order chi connectivity index (χ1) is 7.60. The molecule has 0 radical (unpaired) electrons. The molecule has 0 aliphatic heterocycles. The van der Waals surface area contributed by atoms with Crippen molar-refractivity contribution in [3.8, 4) is 0 Å². The molecule has 2 rings (SSSR count). The summed E-state index contributed by atoms with van der Waals surface area (Å²) >= 11 is 0. The summed E-state index contributed by atoms with van der Waals surface area (Å²) in [7, 11) is 0. The molecule has 1 aliphatic rings. The van der Waals surface area contributed by atoms with Crippen molar-refractivity contribution in [2.45, 2.75) is 38.2 Å².